The van der Waals surface area contributed by atoms with Gasteiger partial charge in [0.25, 0.3) is 0 Å². The van der Waals surface area contributed by atoms with Gasteiger partial charge in [-0.15, -0.1) is 0 Å². The number of hydrogen-bond acceptors (Lipinski definition) is 1. The normalized spacial score (nSPS) is 10.9. The minimum absolute atomic E-state index is 0.299. The van der Waals surface area contributed by atoms with Crippen molar-refractivity contribution in [2.45, 2.75) is 65.7 Å². The number of ketones is 1. The Balaban J connectivity index is 2.36. The fraction of sp³-hybridized carbons (Fsp3) is 0.611. The molecule has 1 aromatic carbocycles. The van der Waals surface area contributed by atoms with Crippen LogP contribution in [0.3, 0.4) is 0 Å². The topological polar surface area (TPSA) is 17.1 Å². The number of Topliss-reactive ketones (excluding diaryl/α,β-unsaturated/α-hetero) is 1. The first-order chi connectivity index (χ1) is 9.13. The summed E-state index contributed by atoms with van der Waals surface area (Å²) in [5.74, 6) is 0.965. The highest BCUT2D eigenvalue weighted by atomic mass is 16.1. The molecule has 0 fully saturated rings. The Hall–Kier alpha value is -1.11. The van der Waals surface area contributed by atoms with Crippen LogP contribution in [0.4, 0.5) is 0 Å². The second kappa shape index (κ2) is 8.90. The van der Waals surface area contributed by atoms with E-state index in [9.17, 15) is 4.79 Å². The number of hydrogen-bond donors (Lipinski definition) is 0. The van der Waals surface area contributed by atoms with Gasteiger partial charge in [0.1, 0.15) is 0 Å². The van der Waals surface area contributed by atoms with Crippen molar-refractivity contribution in [3.05, 3.63) is 35.4 Å². The predicted octanol–water partition coefficient (Wildman–Crippen LogP) is 5.43. The molecule has 0 unspecified atom stereocenters. The smallest absolute Gasteiger partial charge is 0.162 e. The summed E-state index contributed by atoms with van der Waals surface area (Å²) in [7, 11) is 0. The maximum Gasteiger partial charge on any atom is 0.162 e. The summed E-state index contributed by atoms with van der Waals surface area (Å²) in [6.45, 7) is 6.65. The van der Waals surface area contributed by atoms with E-state index in [-0.39, 0.29) is 0 Å². The van der Waals surface area contributed by atoms with E-state index in [4.69, 9.17) is 0 Å². The minimum atomic E-state index is 0.299. The molecule has 0 saturated carbocycles. The van der Waals surface area contributed by atoms with Crippen LogP contribution in [0, 0.1) is 5.92 Å². The molecule has 0 saturated heterocycles. The molecule has 0 N–H and O–H groups in total. The summed E-state index contributed by atoms with van der Waals surface area (Å²) in [6.07, 6.45) is 7.82. The number of rotatable bonds is 9. The van der Waals surface area contributed by atoms with Crippen molar-refractivity contribution in [2.24, 2.45) is 5.92 Å². The van der Waals surface area contributed by atoms with Crippen molar-refractivity contribution in [2.75, 3.05) is 0 Å². The molecule has 106 valence electrons. The third-order valence-electron chi connectivity index (χ3n) is 3.43. The van der Waals surface area contributed by atoms with Crippen LogP contribution in [0.5, 0.6) is 0 Å². The lowest BCUT2D eigenvalue weighted by molar-refractivity contribution is 0.0979. The molecule has 0 spiro atoms. The average molecular weight is 260 g/mol. The van der Waals surface area contributed by atoms with E-state index in [1.54, 1.807) is 0 Å². The van der Waals surface area contributed by atoms with Gasteiger partial charge in [0, 0.05) is 12.0 Å². The van der Waals surface area contributed by atoms with E-state index < -0.39 is 0 Å². The molecule has 0 aromatic heterocycles. The van der Waals surface area contributed by atoms with E-state index in [0.29, 0.717) is 18.1 Å². The predicted molar refractivity (Wildman–Crippen MR) is 82.7 cm³/mol. The van der Waals surface area contributed by atoms with Gasteiger partial charge < -0.3 is 0 Å². The Kier molecular flexibility index (Phi) is 7.47. The summed E-state index contributed by atoms with van der Waals surface area (Å²) in [6, 6.07) is 8.19. The maximum absolute atomic E-state index is 12.0. The lowest BCUT2D eigenvalue weighted by Gasteiger charge is -2.06. The molecule has 1 nitrogen and oxygen atoms in total. The molecule has 0 atom stereocenters. The van der Waals surface area contributed by atoms with Gasteiger partial charge in [-0.25, -0.2) is 0 Å². The highest BCUT2D eigenvalue weighted by Crippen LogP contribution is 2.13. The Morgan fingerprint density at radius 2 is 1.63 bits per heavy atom. The highest BCUT2D eigenvalue weighted by Gasteiger charge is 2.06. The zero-order valence-electron chi connectivity index (χ0n) is 12.7. The van der Waals surface area contributed by atoms with Gasteiger partial charge in [-0.3, -0.25) is 4.79 Å². The van der Waals surface area contributed by atoms with Gasteiger partial charge in [-0.1, -0.05) is 70.7 Å². The zero-order chi connectivity index (χ0) is 14.1. The molecule has 1 rings (SSSR count). The second-order valence-electron chi connectivity index (χ2n) is 5.88. The molecule has 0 radical (unpaired) electrons. The first kappa shape index (κ1) is 15.9. The van der Waals surface area contributed by atoms with Gasteiger partial charge in [0.05, 0.1) is 0 Å². The second-order valence-corrected chi connectivity index (χ2v) is 5.88. The van der Waals surface area contributed by atoms with E-state index in [1.165, 1.54) is 31.2 Å². The van der Waals surface area contributed by atoms with Crippen LogP contribution in [0.15, 0.2) is 24.3 Å². The van der Waals surface area contributed by atoms with Gasteiger partial charge in [0.15, 0.2) is 5.78 Å². The quantitative estimate of drug-likeness (QED) is 0.427. The lowest BCUT2D eigenvalue weighted by atomic mass is 9.99. The molecular formula is C18H28O. The van der Waals surface area contributed by atoms with Crippen molar-refractivity contribution in [3.63, 3.8) is 0 Å². The maximum atomic E-state index is 12.0. The summed E-state index contributed by atoms with van der Waals surface area (Å²) in [4.78, 5) is 12.0. The van der Waals surface area contributed by atoms with Crippen LogP contribution in [0.1, 0.15) is 75.2 Å². The van der Waals surface area contributed by atoms with Crippen LogP contribution >= 0.6 is 0 Å². The van der Waals surface area contributed by atoms with E-state index >= 15 is 0 Å². The van der Waals surface area contributed by atoms with Crippen LogP contribution in [-0.2, 0) is 6.42 Å². The molecule has 0 aliphatic heterocycles. The number of benzene rings is 1. The fourth-order valence-electron chi connectivity index (χ4n) is 2.33. The lowest BCUT2D eigenvalue weighted by Crippen LogP contribution is -2.00. The molecule has 0 amide bonds. The number of carbonyl (C=O) groups excluding carboxylic acids is 1. The third-order valence-corrected chi connectivity index (χ3v) is 3.43. The molecule has 0 aliphatic rings. The molecule has 1 heteroatoms. The van der Waals surface area contributed by atoms with Crippen molar-refractivity contribution >= 4 is 5.78 Å². The summed E-state index contributed by atoms with van der Waals surface area (Å²) in [5, 5.41) is 0. The monoisotopic (exact) mass is 260 g/mol. The molecule has 0 aliphatic carbocycles. The van der Waals surface area contributed by atoms with Crippen LogP contribution in [0.2, 0.25) is 0 Å². The SMILES string of the molecule is CCCCCCCC(=O)c1ccc(CC(C)C)cc1. The van der Waals surface area contributed by atoms with Crippen LogP contribution in [-0.4, -0.2) is 5.78 Å². The highest BCUT2D eigenvalue weighted by molar-refractivity contribution is 5.96. The van der Waals surface area contributed by atoms with Gasteiger partial charge in [0.2, 0.25) is 0 Å². The minimum Gasteiger partial charge on any atom is -0.294 e. The van der Waals surface area contributed by atoms with Crippen LogP contribution < -0.4 is 0 Å². The van der Waals surface area contributed by atoms with Crippen molar-refractivity contribution in [1.82, 2.24) is 0 Å². The van der Waals surface area contributed by atoms with Crippen molar-refractivity contribution < 1.29 is 4.79 Å². The molecule has 1 aromatic rings. The average Bonchev–Trinajstić information content (AvgIpc) is 2.38. The van der Waals surface area contributed by atoms with Gasteiger partial charge >= 0.3 is 0 Å². The van der Waals surface area contributed by atoms with Gasteiger partial charge in [-0.2, -0.15) is 0 Å². The number of carbonyl (C=O) groups is 1. The number of unbranched alkanes of at least 4 members (excludes halogenated alkanes) is 4. The Bertz CT molecular complexity index is 362. The van der Waals surface area contributed by atoms with E-state index in [1.807, 2.05) is 12.1 Å². The zero-order valence-corrected chi connectivity index (χ0v) is 12.7. The molecule has 0 bridgehead atoms. The van der Waals surface area contributed by atoms with Crippen molar-refractivity contribution in [3.8, 4) is 0 Å². The third kappa shape index (κ3) is 6.56. The first-order valence-corrected chi connectivity index (χ1v) is 7.75. The summed E-state index contributed by atoms with van der Waals surface area (Å²) >= 11 is 0. The van der Waals surface area contributed by atoms with E-state index in [2.05, 4.69) is 32.9 Å². The Labute approximate surface area is 118 Å². The first-order valence-electron chi connectivity index (χ1n) is 7.75. The molecular weight excluding hydrogens is 232 g/mol. The summed E-state index contributed by atoms with van der Waals surface area (Å²) < 4.78 is 0. The molecule has 0 heterocycles. The standard InChI is InChI=1S/C18H28O/c1-4-5-6-7-8-9-18(19)17-12-10-16(11-13-17)14-15(2)3/h10-13,15H,4-9,14H2,1-3H3. The largest absolute Gasteiger partial charge is 0.294 e. The Morgan fingerprint density at radius 1 is 1.00 bits per heavy atom. The van der Waals surface area contributed by atoms with Gasteiger partial charge in [-0.05, 0) is 24.3 Å². The van der Waals surface area contributed by atoms with Crippen LogP contribution in [0.25, 0.3) is 0 Å². The summed E-state index contributed by atoms with van der Waals surface area (Å²) in [5.41, 5.74) is 2.21. The molecule has 19 heavy (non-hydrogen) atoms. The van der Waals surface area contributed by atoms with E-state index in [0.717, 1.165) is 18.4 Å². The fourth-order valence-corrected chi connectivity index (χ4v) is 2.33. The van der Waals surface area contributed by atoms with Crippen molar-refractivity contribution in [1.29, 1.82) is 0 Å². The Morgan fingerprint density at radius 3 is 2.21 bits per heavy atom.